The van der Waals surface area contributed by atoms with Gasteiger partial charge in [-0.15, -0.1) is 0 Å². The first-order valence-corrected chi connectivity index (χ1v) is 7.11. The second kappa shape index (κ2) is 4.56. The second-order valence-electron chi connectivity index (χ2n) is 4.95. The van der Waals surface area contributed by atoms with Gasteiger partial charge in [0.1, 0.15) is 0 Å². The Hall–Kier alpha value is -1.49. The normalized spacial score (nSPS) is 15.4. The first-order valence-electron chi connectivity index (χ1n) is 6.31. The maximum atomic E-state index is 11.2. The lowest BCUT2D eigenvalue weighted by Gasteiger charge is -2.16. The number of aromatic nitrogens is 1. The van der Waals surface area contributed by atoms with Crippen LogP contribution in [0.1, 0.15) is 17.7 Å². The van der Waals surface area contributed by atoms with Gasteiger partial charge < -0.3 is 14.6 Å². The quantitative estimate of drug-likeness (QED) is 0.808. The van der Waals surface area contributed by atoms with Gasteiger partial charge in [-0.05, 0) is 25.0 Å². The molecule has 1 N–H and O–H groups in total. The number of fused-ring (bicyclic) bond motifs is 3. The van der Waals surface area contributed by atoms with Crippen molar-refractivity contribution in [3.63, 3.8) is 0 Å². The molecule has 1 amide bonds. The lowest BCUT2D eigenvalue weighted by Crippen LogP contribution is -2.28. The average Bonchev–Trinajstić information content (AvgIpc) is 2.56. The largest absolute Gasteiger partial charge is 0.465 e. The van der Waals surface area contributed by atoms with E-state index in [9.17, 15) is 9.90 Å². The molecule has 0 spiro atoms. The Morgan fingerprint density at radius 3 is 2.95 bits per heavy atom. The zero-order valence-electron chi connectivity index (χ0n) is 10.7. The molecular formula is C14H15BrN2O2. The molecule has 4 nitrogen and oxygen atoms in total. The standard InChI is InChI=1S/C14H15BrN2O2/c1-16-12-3-2-6-17(14(18)19)8-11(12)10-5-4-9(15)7-13(10)16/h4-5,7H,2-3,6,8H2,1H3,(H,18,19). The van der Waals surface area contributed by atoms with Crippen molar-refractivity contribution in [2.24, 2.45) is 7.05 Å². The minimum Gasteiger partial charge on any atom is -0.465 e. The van der Waals surface area contributed by atoms with Crippen LogP contribution >= 0.6 is 15.9 Å². The zero-order chi connectivity index (χ0) is 13.6. The molecule has 0 saturated heterocycles. The number of nitrogens with zero attached hydrogens (tertiary/aromatic N) is 2. The SMILES string of the molecule is Cn1c2c(c3ccc(Br)cc31)CN(C(=O)O)CCC2. The van der Waals surface area contributed by atoms with Crippen LogP contribution in [0.4, 0.5) is 4.79 Å². The summed E-state index contributed by atoms with van der Waals surface area (Å²) in [5, 5.41) is 10.4. The molecule has 0 bridgehead atoms. The number of carboxylic acid groups (broad SMARTS) is 1. The zero-order valence-corrected chi connectivity index (χ0v) is 12.3. The van der Waals surface area contributed by atoms with Crippen LogP contribution in [0.2, 0.25) is 0 Å². The molecule has 0 unspecified atom stereocenters. The van der Waals surface area contributed by atoms with Crippen LogP contribution in [0.5, 0.6) is 0 Å². The Balaban J connectivity index is 2.19. The number of carbonyl (C=O) groups is 1. The summed E-state index contributed by atoms with van der Waals surface area (Å²) in [6.07, 6.45) is 0.981. The number of hydrogen-bond donors (Lipinski definition) is 1. The lowest BCUT2D eigenvalue weighted by atomic mass is 10.1. The summed E-state index contributed by atoms with van der Waals surface area (Å²) in [4.78, 5) is 12.7. The maximum absolute atomic E-state index is 11.2. The van der Waals surface area contributed by atoms with Crippen LogP contribution in [-0.2, 0) is 20.0 Å². The van der Waals surface area contributed by atoms with Gasteiger partial charge in [0.25, 0.3) is 0 Å². The molecule has 1 aliphatic rings. The molecule has 3 rings (SSSR count). The van der Waals surface area contributed by atoms with Gasteiger partial charge in [0.15, 0.2) is 0 Å². The molecule has 1 aromatic heterocycles. The van der Waals surface area contributed by atoms with Crippen molar-refractivity contribution in [3.05, 3.63) is 33.9 Å². The minimum atomic E-state index is -0.832. The summed E-state index contributed by atoms with van der Waals surface area (Å²) in [5.41, 5.74) is 3.58. The van der Waals surface area contributed by atoms with Gasteiger partial charge in [-0.2, -0.15) is 0 Å². The van der Waals surface area contributed by atoms with E-state index in [1.165, 1.54) is 10.6 Å². The third-order valence-corrected chi connectivity index (χ3v) is 4.35. The molecule has 100 valence electrons. The summed E-state index contributed by atoms with van der Waals surface area (Å²) in [6, 6.07) is 6.18. The van der Waals surface area contributed by atoms with Crippen LogP contribution in [0.25, 0.3) is 10.9 Å². The van der Waals surface area contributed by atoms with Crippen LogP contribution in [0, 0.1) is 0 Å². The highest BCUT2D eigenvalue weighted by molar-refractivity contribution is 9.10. The Morgan fingerprint density at radius 2 is 2.21 bits per heavy atom. The van der Waals surface area contributed by atoms with Crippen molar-refractivity contribution in [1.29, 1.82) is 0 Å². The van der Waals surface area contributed by atoms with E-state index in [2.05, 4.69) is 39.7 Å². The highest BCUT2D eigenvalue weighted by atomic mass is 79.9. The first-order chi connectivity index (χ1) is 9.08. The van der Waals surface area contributed by atoms with Crippen molar-refractivity contribution < 1.29 is 9.90 Å². The second-order valence-corrected chi connectivity index (χ2v) is 5.87. The van der Waals surface area contributed by atoms with Gasteiger partial charge in [-0.1, -0.05) is 22.0 Å². The molecule has 0 radical (unpaired) electrons. The fourth-order valence-electron chi connectivity index (χ4n) is 2.91. The van der Waals surface area contributed by atoms with Gasteiger partial charge in [0.2, 0.25) is 0 Å². The van der Waals surface area contributed by atoms with Crippen molar-refractivity contribution in [1.82, 2.24) is 9.47 Å². The van der Waals surface area contributed by atoms with E-state index < -0.39 is 6.09 Å². The lowest BCUT2D eigenvalue weighted by molar-refractivity contribution is 0.143. The summed E-state index contributed by atoms with van der Waals surface area (Å²) in [7, 11) is 2.06. The molecule has 1 aromatic carbocycles. The van der Waals surface area contributed by atoms with E-state index in [1.807, 2.05) is 6.07 Å². The van der Waals surface area contributed by atoms with E-state index in [1.54, 1.807) is 0 Å². The van der Waals surface area contributed by atoms with Crippen molar-refractivity contribution in [3.8, 4) is 0 Å². The molecule has 2 heterocycles. The minimum absolute atomic E-state index is 0.490. The monoisotopic (exact) mass is 322 g/mol. The molecule has 0 fully saturated rings. The van der Waals surface area contributed by atoms with Gasteiger partial charge in [0.05, 0.1) is 6.54 Å². The number of benzene rings is 1. The topological polar surface area (TPSA) is 45.5 Å². The smallest absolute Gasteiger partial charge is 0.407 e. The van der Waals surface area contributed by atoms with Gasteiger partial charge >= 0.3 is 6.09 Å². The molecule has 0 aliphatic carbocycles. The number of rotatable bonds is 0. The highest BCUT2D eigenvalue weighted by Gasteiger charge is 2.23. The third kappa shape index (κ3) is 2.02. The summed E-state index contributed by atoms with van der Waals surface area (Å²) in [5.74, 6) is 0. The van der Waals surface area contributed by atoms with E-state index in [-0.39, 0.29) is 0 Å². The third-order valence-electron chi connectivity index (χ3n) is 3.86. The molecular weight excluding hydrogens is 308 g/mol. The van der Waals surface area contributed by atoms with E-state index >= 15 is 0 Å². The summed E-state index contributed by atoms with van der Waals surface area (Å²) >= 11 is 3.49. The fourth-order valence-corrected chi connectivity index (χ4v) is 3.26. The van der Waals surface area contributed by atoms with Gasteiger partial charge in [-0.3, -0.25) is 0 Å². The van der Waals surface area contributed by atoms with Crippen molar-refractivity contribution in [2.75, 3.05) is 6.54 Å². The summed E-state index contributed by atoms with van der Waals surface area (Å²) in [6.45, 7) is 1.10. The molecule has 2 aromatic rings. The van der Waals surface area contributed by atoms with Crippen LogP contribution in [0.3, 0.4) is 0 Å². The Morgan fingerprint density at radius 1 is 1.42 bits per heavy atom. The highest BCUT2D eigenvalue weighted by Crippen LogP contribution is 2.31. The fraction of sp³-hybridized carbons (Fsp3) is 0.357. The molecule has 0 saturated carbocycles. The average molecular weight is 323 g/mol. The molecule has 19 heavy (non-hydrogen) atoms. The van der Waals surface area contributed by atoms with Crippen molar-refractivity contribution >= 4 is 32.9 Å². The maximum Gasteiger partial charge on any atom is 0.407 e. The molecule has 5 heteroatoms. The van der Waals surface area contributed by atoms with E-state index in [4.69, 9.17) is 0 Å². The first kappa shape index (κ1) is 12.5. The number of hydrogen-bond acceptors (Lipinski definition) is 1. The van der Waals surface area contributed by atoms with Gasteiger partial charge in [0, 0.05) is 40.2 Å². The number of halogens is 1. The Bertz CT molecular complexity index is 663. The van der Waals surface area contributed by atoms with E-state index in [0.717, 1.165) is 33.8 Å². The predicted octanol–water partition coefficient (Wildman–Crippen LogP) is 3.37. The van der Waals surface area contributed by atoms with E-state index in [0.29, 0.717) is 13.1 Å². The van der Waals surface area contributed by atoms with Gasteiger partial charge in [-0.25, -0.2) is 4.79 Å². The number of amides is 1. The van der Waals surface area contributed by atoms with Crippen LogP contribution in [0.15, 0.2) is 22.7 Å². The number of aryl methyl sites for hydroxylation is 1. The Labute approximate surface area is 119 Å². The van der Waals surface area contributed by atoms with Crippen LogP contribution in [-0.4, -0.2) is 27.2 Å². The van der Waals surface area contributed by atoms with Crippen LogP contribution < -0.4 is 0 Å². The predicted molar refractivity (Wildman–Crippen MR) is 77.4 cm³/mol. The Kier molecular flexibility index (Phi) is 3.01. The molecule has 1 aliphatic heterocycles. The van der Waals surface area contributed by atoms with Crippen molar-refractivity contribution in [2.45, 2.75) is 19.4 Å². The summed E-state index contributed by atoms with van der Waals surface area (Å²) < 4.78 is 3.24. The molecule has 0 atom stereocenters.